The molecule has 1 heterocycles. The highest BCUT2D eigenvalue weighted by Gasteiger charge is 2.20. The molecule has 0 aliphatic carbocycles. The van der Waals surface area contributed by atoms with Crippen molar-refractivity contribution < 1.29 is 9.53 Å². The molecule has 6 heteroatoms. The molecule has 1 aromatic rings. The Morgan fingerprint density at radius 3 is 2.61 bits per heavy atom. The summed E-state index contributed by atoms with van der Waals surface area (Å²) in [5, 5.41) is 0.239. The molecule has 0 aliphatic heterocycles. The average molecular weight is 336 g/mol. The summed E-state index contributed by atoms with van der Waals surface area (Å²) in [6.07, 6.45) is -0.578. The van der Waals surface area contributed by atoms with Gasteiger partial charge in [-0.2, -0.15) is 0 Å². The molecule has 4 nitrogen and oxygen atoms in total. The van der Waals surface area contributed by atoms with Crippen molar-refractivity contribution in [1.29, 1.82) is 0 Å². The Balaban J connectivity index is 2.75. The molecule has 0 radical (unpaired) electrons. The fourth-order valence-electron chi connectivity index (χ4n) is 1.52. The van der Waals surface area contributed by atoms with Crippen LogP contribution in [-0.4, -0.2) is 35.0 Å². The number of aromatic nitrogens is 1. The van der Waals surface area contributed by atoms with Gasteiger partial charge in [-0.25, -0.2) is 4.98 Å². The fraction of sp³-hybridized carbons (Fsp3) is 0.500. The molecule has 0 aromatic carbocycles. The van der Waals surface area contributed by atoms with Gasteiger partial charge in [-0.05, 0) is 48.8 Å². The van der Waals surface area contributed by atoms with E-state index >= 15 is 0 Å². The number of ether oxygens (including phenoxy) is 1. The van der Waals surface area contributed by atoms with Crippen LogP contribution in [0.1, 0.15) is 20.8 Å². The lowest BCUT2D eigenvalue weighted by Crippen LogP contribution is -2.40. The van der Waals surface area contributed by atoms with Crippen LogP contribution < -0.4 is 4.74 Å². The molecule has 0 fully saturated rings. The molecule has 0 aliphatic rings. The standard InChI is InChI=1S/C12H16BrClN2O2/c1-4-16(5-2)12(17)8(3)18-9-6-7-10(13)15-11(9)14/h6-8H,4-5H2,1-3H3. The number of halogens is 2. The second-order valence-electron chi connectivity index (χ2n) is 3.69. The highest BCUT2D eigenvalue weighted by molar-refractivity contribution is 9.10. The molecule has 1 unspecified atom stereocenters. The van der Waals surface area contributed by atoms with Gasteiger partial charge in [0.15, 0.2) is 17.0 Å². The Morgan fingerprint density at radius 2 is 2.11 bits per heavy atom. The molecule has 100 valence electrons. The van der Waals surface area contributed by atoms with Crippen LogP contribution in [-0.2, 0) is 4.79 Å². The van der Waals surface area contributed by atoms with E-state index in [1.54, 1.807) is 24.0 Å². The predicted octanol–water partition coefficient (Wildman–Crippen LogP) is 3.13. The van der Waals surface area contributed by atoms with E-state index in [-0.39, 0.29) is 11.1 Å². The minimum absolute atomic E-state index is 0.0565. The van der Waals surface area contributed by atoms with Crippen LogP contribution in [0.3, 0.4) is 0 Å². The van der Waals surface area contributed by atoms with Gasteiger partial charge in [0.25, 0.3) is 5.91 Å². The minimum atomic E-state index is -0.578. The number of carbonyl (C=O) groups is 1. The summed E-state index contributed by atoms with van der Waals surface area (Å²) >= 11 is 9.15. The van der Waals surface area contributed by atoms with Gasteiger partial charge < -0.3 is 9.64 Å². The molecule has 0 saturated heterocycles. The third-order valence-corrected chi connectivity index (χ3v) is 3.22. The Kier molecular flexibility index (Phi) is 5.88. The summed E-state index contributed by atoms with van der Waals surface area (Å²) in [5.41, 5.74) is 0. The number of likely N-dealkylation sites (N-methyl/N-ethyl adjacent to an activating group) is 1. The number of pyridine rings is 1. The third-order valence-electron chi connectivity index (χ3n) is 2.51. The first-order valence-corrected chi connectivity index (χ1v) is 6.94. The Hall–Kier alpha value is -0.810. The second-order valence-corrected chi connectivity index (χ2v) is 4.86. The lowest BCUT2D eigenvalue weighted by atomic mass is 10.3. The molecule has 1 atom stereocenters. The highest BCUT2D eigenvalue weighted by Crippen LogP contribution is 2.25. The topological polar surface area (TPSA) is 42.4 Å². The van der Waals surface area contributed by atoms with E-state index in [2.05, 4.69) is 20.9 Å². The van der Waals surface area contributed by atoms with Crippen molar-refractivity contribution in [2.24, 2.45) is 0 Å². The van der Waals surface area contributed by atoms with Gasteiger partial charge in [-0.1, -0.05) is 11.6 Å². The van der Waals surface area contributed by atoms with Crippen molar-refractivity contribution >= 4 is 33.4 Å². The Morgan fingerprint density at radius 1 is 1.50 bits per heavy atom. The molecule has 1 rings (SSSR count). The maximum atomic E-state index is 12.0. The maximum absolute atomic E-state index is 12.0. The summed E-state index contributed by atoms with van der Waals surface area (Å²) in [7, 11) is 0. The van der Waals surface area contributed by atoms with Gasteiger partial charge in [-0.15, -0.1) is 0 Å². The molecule has 0 bridgehead atoms. The van der Waals surface area contributed by atoms with E-state index in [4.69, 9.17) is 16.3 Å². The van der Waals surface area contributed by atoms with Crippen LogP contribution in [0.15, 0.2) is 16.7 Å². The van der Waals surface area contributed by atoms with Crippen LogP contribution >= 0.6 is 27.5 Å². The van der Waals surface area contributed by atoms with Crippen LogP contribution in [0.25, 0.3) is 0 Å². The van der Waals surface area contributed by atoms with Gasteiger partial charge in [0, 0.05) is 13.1 Å². The lowest BCUT2D eigenvalue weighted by Gasteiger charge is -2.23. The predicted molar refractivity (Wildman–Crippen MR) is 75.0 cm³/mol. The van der Waals surface area contributed by atoms with Crippen molar-refractivity contribution in [3.63, 3.8) is 0 Å². The van der Waals surface area contributed by atoms with Crippen LogP contribution in [0, 0.1) is 0 Å². The largest absolute Gasteiger partial charge is 0.478 e. The first kappa shape index (κ1) is 15.2. The van der Waals surface area contributed by atoms with Crippen LogP contribution in [0.5, 0.6) is 5.75 Å². The molecule has 0 N–H and O–H groups in total. The SMILES string of the molecule is CCN(CC)C(=O)C(C)Oc1ccc(Br)nc1Cl. The third kappa shape index (κ3) is 3.85. The maximum Gasteiger partial charge on any atom is 0.263 e. The molecule has 1 aromatic heterocycles. The number of nitrogens with zero attached hydrogens (tertiary/aromatic N) is 2. The van der Waals surface area contributed by atoms with E-state index in [1.165, 1.54) is 0 Å². The van der Waals surface area contributed by atoms with Gasteiger partial charge >= 0.3 is 0 Å². The smallest absolute Gasteiger partial charge is 0.263 e. The summed E-state index contributed by atoms with van der Waals surface area (Å²) in [6, 6.07) is 3.40. The summed E-state index contributed by atoms with van der Waals surface area (Å²) < 4.78 is 6.17. The van der Waals surface area contributed by atoms with E-state index in [0.29, 0.717) is 23.4 Å². The van der Waals surface area contributed by atoms with E-state index < -0.39 is 6.10 Å². The quantitative estimate of drug-likeness (QED) is 0.776. The number of hydrogen-bond donors (Lipinski definition) is 0. The van der Waals surface area contributed by atoms with E-state index in [1.807, 2.05) is 13.8 Å². The van der Waals surface area contributed by atoms with Crippen molar-refractivity contribution in [3.05, 3.63) is 21.9 Å². The van der Waals surface area contributed by atoms with Gasteiger partial charge in [0.1, 0.15) is 4.60 Å². The first-order valence-electron chi connectivity index (χ1n) is 5.77. The zero-order chi connectivity index (χ0) is 13.7. The zero-order valence-electron chi connectivity index (χ0n) is 10.6. The van der Waals surface area contributed by atoms with Crippen molar-refractivity contribution in [3.8, 4) is 5.75 Å². The van der Waals surface area contributed by atoms with Crippen LogP contribution in [0.4, 0.5) is 0 Å². The number of amides is 1. The molecular formula is C12H16BrClN2O2. The molecular weight excluding hydrogens is 320 g/mol. The Bertz CT molecular complexity index is 425. The summed E-state index contributed by atoms with van der Waals surface area (Å²) in [4.78, 5) is 17.7. The lowest BCUT2D eigenvalue weighted by molar-refractivity contribution is -0.137. The second kappa shape index (κ2) is 6.95. The van der Waals surface area contributed by atoms with Crippen molar-refractivity contribution in [2.75, 3.05) is 13.1 Å². The van der Waals surface area contributed by atoms with E-state index in [9.17, 15) is 4.79 Å². The zero-order valence-corrected chi connectivity index (χ0v) is 13.0. The monoisotopic (exact) mass is 334 g/mol. The van der Waals surface area contributed by atoms with Gasteiger partial charge in [-0.3, -0.25) is 4.79 Å². The molecule has 18 heavy (non-hydrogen) atoms. The van der Waals surface area contributed by atoms with E-state index in [0.717, 1.165) is 0 Å². The normalized spacial score (nSPS) is 12.1. The molecule has 0 spiro atoms. The summed E-state index contributed by atoms with van der Waals surface area (Å²) in [5.74, 6) is 0.354. The Labute approximate surface area is 120 Å². The molecule has 0 saturated carbocycles. The number of carbonyl (C=O) groups excluding carboxylic acids is 1. The minimum Gasteiger partial charge on any atom is -0.478 e. The van der Waals surface area contributed by atoms with Crippen LogP contribution in [0.2, 0.25) is 5.15 Å². The highest BCUT2D eigenvalue weighted by atomic mass is 79.9. The first-order chi connectivity index (χ1) is 8.49. The summed E-state index contributed by atoms with van der Waals surface area (Å²) in [6.45, 7) is 6.90. The van der Waals surface area contributed by atoms with Crippen molar-refractivity contribution in [1.82, 2.24) is 9.88 Å². The molecule has 1 amide bonds. The number of hydrogen-bond acceptors (Lipinski definition) is 3. The van der Waals surface area contributed by atoms with Gasteiger partial charge in [0.2, 0.25) is 0 Å². The fourth-order valence-corrected chi connectivity index (χ4v) is 2.13. The van der Waals surface area contributed by atoms with Crippen molar-refractivity contribution in [2.45, 2.75) is 26.9 Å². The van der Waals surface area contributed by atoms with Gasteiger partial charge in [0.05, 0.1) is 0 Å². The average Bonchev–Trinajstić information content (AvgIpc) is 2.34. The number of rotatable bonds is 5.